The molecule has 1 aromatic rings. The molecular weight excluding hydrogens is 298 g/mol. The Morgan fingerprint density at radius 2 is 2.24 bits per heavy atom. The van der Waals surface area contributed by atoms with E-state index in [2.05, 4.69) is 10.0 Å². The van der Waals surface area contributed by atoms with Gasteiger partial charge in [-0.25, -0.2) is 13.1 Å². The van der Waals surface area contributed by atoms with Crippen LogP contribution in [-0.4, -0.2) is 38.1 Å². The van der Waals surface area contributed by atoms with E-state index in [0.717, 1.165) is 44.1 Å². The van der Waals surface area contributed by atoms with Crippen LogP contribution in [0.2, 0.25) is 0 Å². The summed E-state index contributed by atoms with van der Waals surface area (Å²) in [7, 11) is -3.83. The molecule has 116 valence electrons. The van der Waals surface area contributed by atoms with Crippen LogP contribution in [0.15, 0.2) is 23.1 Å². The van der Waals surface area contributed by atoms with Crippen molar-refractivity contribution in [2.75, 3.05) is 19.6 Å². The molecule has 0 aromatic heterocycles. The Balaban J connectivity index is 2.11. The molecule has 0 bridgehead atoms. The molecule has 3 N–H and O–H groups in total. The molecule has 1 aromatic carbocycles. The molecule has 2 rings (SSSR count). The fourth-order valence-electron chi connectivity index (χ4n) is 2.23. The maximum Gasteiger partial charge on any atom is 0.312 e. The van der Waals surface area contributed by atoms with E-state index in [1.807, 2.05) is 0 Å². The Hall–Kier alpha value is -1.71. The zero-order chi connectivity index (χ0) is 15.5. The molecule has 1 aliphatic heterocycles. The van der Waals surface area contributed by atoms with Crippen LogP contribution in [0.5, 0.6) is 5.75 Å². The van der Waals surface area contributed by atoms with Crippen molar-refractivity contribution in [1.82, 2.24) is 10.0 Å². The van der Waals surface area contributed by atoms with Crippen molar-refractivity contribution >= 4 is 15.7 Å². The average molecular weight is 315 g/mol. The van der Waals surface area contributed by atoms with E-state index in [-0.39, 0.29) is 17.4 Å². The van der Waals surface area contributed by atoms with E-state index in [4.69, 9.17) is 0 Å². The smallest absolute Gasteiger partial charge is 0.312 e. The number of nitrogens with one attached hydrogen (secondary N) is 2. The van der Waals surface area contributed by atoms with Gasteiger partial charge in [-0.1, -0.05) is 0 Å². The minimum atomic E-state index is -3.83. The molecule has 21 heavy (non-hydrogen) atoms. The number of rotatable bonds is 5. The molecule has 0 radical (unpaired) electrons. The third kappa shape index (κ3) is 3.90. The van der Waals surface area contributed by atoms with Crippen molar-refractivity contribution in [3.63, 3.8) is 0 Å². The van der Waals surface area contributed by atoms with Crippen LogP contribution in [0.3, 0.4) is 0 Å². The lowest BCUT2D eigenvalue weighted by Gasteiger charge is -2.22. The quantitative estimate of drug-likeness (QED) is 0.539. The third-order valence-electron chi connectivity index (χ3n) is 3.41. The van der Waals surface area contributed by atoms with E-state index in [1.165, 1.54) is 0 Å². The van der Waals surface area contributed by atoms with Crippen LogP contribution in [0.4, 0.5) is 5.69 Å². The maximum atomic E-state index is 12.1. The first-order valence-corrected chi connectivity index (χ1v) is 8.06. The van der Waals surface area contributed by atoms with E-state index < -0.39 is 26.4 Å². The molecule has 8 nitrogen and oxygen atoms in total. The van der Waals surface area contributed by atoms with Gasteiger partial charge in [-0.05, 0) is 44.0 Å². The molecule has 1 heterocycles. The molecule has 9 heteroatoms. The van der Waals surface area contributed by atoms with Crippen LogP contribution in [0.25, 0.3) is 0 Å². The van der Waals surface area contributed by atoms with Gasteiger partial charge in [0.05, 0.1) is 9.82 Å². The summed E-state index contributed by atoms with van der Waals surface area (Å²) in [6, 6.07) is 3.01. The number of piperidine rings is 1. The zero-order valence-electron chi connectivity index (χ0n) is 11.3. The van der Waals surface area contributed by atoms with Crippen LogP contribution >= 0.6 is 0 Å². The Morgan fingerprint density at radius 3 is 2.86 bits per heavy atom. The van der Waals surface area contributed by atoms with Crippen LogP contribution < -0.4 is 10.0 Å². The summed E-state index contributed by atoms with van der Waals surface area (Å²) in [5.41, 5.74) is -0.628. The van der Waals surface area contributed by atoms with E-state index in [9.17, 15) is 23.6 Å². The van der Waals surface area contributed by atoms with Gasteiger partial charge in [0, 0.05) is 12.6 Å². The lowest BCUT2D eigenvalue weighted by molar-refractivity contribution is -0.386. The minimum Gasteiger partial charge on any atom is -0.502 e. The highest BCUT2D eigenvalue weighted by Crippen LogP contribution is 2.28. The molecule has 1 unspecified atom stereocenters. The van der Waals surface area contributed by atoms with Crippen LogP contribution in [-0.2, 0) is 10.0 Å². The molecule has 0 amide bonds. The highest BCUT2D eigenvalue weighted by atomic mass is 32.2. The summed E-state index contributed by atoms with van der Waals surface area (Å²) < 4.78 is 26.7. The second-order valence-corrected chi connectivity index (χ2v) is 6.74. The molecule has 1 aliphatic rings. The number of nitro groups is 1. The van der Waals surface area contributed by atoms with Gasteiger partial charge in [0.2, 0.25) is 10.0 Å². The van der Waals surface area contributed by atoms with Gasteiger partial charge in [-0.2, -0.15) is 0 Å². The number of benzene rings is 1. The summed E-state index contributed by atoms with van der Waals surface area (Å²) in [5, 5.41) is 23.3. The van der Waals surface area contributed by atoms with Crippen molar-refractivity contribution in [1.29, 1.82) is 0 Å². The van der Waals surface area contributed by atoms with E-state index >= 15 is 0 Å². The fourth-order valence-corrected chi connectivity index (χ4v) is 3.36. The minimum absolute atomic E-state index is 0.209. The standard InChI is InChI=1S/C12H17N3O5S/c16-12-4-3-10(6-11(12)15(17)18)21(19,20)14-8-9-2-1-5-13-7-9/h3-4,6,9,13-14,16H,1-2,5,7-8H2. The van der Waals surface area contributed by atoms with Crippen molar-refractivity contribution in [2.24, 2.45) is 5.92 Å². The van der Waals surface area contributed by atoms with Crippen molar-refractivity contribution in [2.45, 2.75) is 17.7 Å². The number of sulfonamides is 1. The second kappa shape index (κ2) is 6.37. The number of phenols is 1. The van der Waals surface area contributed by atoms with Crippen molar-refractivity contribution < 1.29 is 18.4 Å². The first kappa shape index (κ1) is 15.7. The van der Waals surface area contributed by atoms with Gasteiger partial charge in [0.1, 0.15) is 0 Å². The average Bonchev–Trinajstić information content (AvgIpc) is 2.46. The van der Waals surface area contributed by atoms with E-state index in [0.29, 0.717) is 0 Å². The van der Waals surface area contributed by atoms with Gasteiger partial charge < -0.3 is 10.4 Å². The molecule has 0 spiro atoms. The molecule has 1 fully saturated rings. The molecular formula is C12H17N3O5S. The van der Waals surface area contributed by atoms with E-state index in [1.54, 1.807) is 0 Å². The summed E-state index contributed by atoms with van der Waals surface area (Å²) in [6.07, 6.45) is 1.93. The topological polar surface area (TPSA) is 122 Å². The van der Waals surface area contributed by atoms with Gasteiger partial charge in [-0.3, -0.25) is 10.1 Å². The summed E-state index contributed by atoms with van der Waals surface area (Å²) in [6.45, 7) is 1.97. The van der Waals surface area contributed by atoms with Crippen molar-refractivity contribution in [3.8, 4) is 5.75 Å². The van der Waals surface area contributed by atoms with Gasteiger partial charge in [0.15, 0.2) is 5.75 Å². The lowest BCUT2D eigenvalue weighted by atomic mass is 10.0. The number of hydrogen-bond donors (Lipinski definition) is 3. The largest absolute Gasteiger partial charge is 0.502 e. The number of phenolic OH excluding ortho intramolecular Hbond substituents is 1. The van der Waals surface area contributed by atoms with Gasteiger partial charge >= 0.3 is 5.69 Å². The highest BCUT2D eigenvalue weighted by molar-refractivity contribution is 7.89. The van der Waals surface area contributed by atoms with Gasteiger partial charge in [-0.15, -0.1) is 0 Å². The molecule has 1 atom stereocenters. The number of aromatic hydroxyl groups is 1. The predicted octanol–water partition coefficient (Wildman–Crippen LogP) is 0.578. The first-order chi connectivity index (χ1) is 9.90. The fraction of sp³-hybridized carbons (Fsp3) is 0.500. The molecule has 0 aliphatic carbocycles. The Bertz CT molecular complexity index is 626. The van der Waals surface area contributed by atoms with Gasteiger partial charge in [0.25, 0.3) is 0 Å². The SMILES string of the molecule is O=[N+]([O-])c1cc(S(=O)(=O)NCC2CCCNC2)ccc1O. The summed E-state index contributed by atoms with van der Waals surface area (Å²) in [4.78, 5) is 9.68. The number of hydrogen-bond acceptors (Lipinski definition) is 6. The zero-order valence-corrected chi connectivity index (χ0v) is 12.1. The number of nitrogens with zero attached hydrogens (tertiary/aromatic N) is 1. The predicted molar refractivity (Wildman–Crippen MR) is 75.5 cm³/mol. The molecule has 1 saturated heterocycles. The highest BCUT2D eigenvalue weighted by Gasteiger charge is 2.22. The van der Waals surface area contributed by atoms with Crippen LogP contribution in [0.1, 0.15) is 12.8 Å². The normalized spacial score (nSPS) is 19.3. The summed E-state index contributed by atoms with van der Waals surface area (Å²) >= 11 is 0. The Labute approximate surface area is 122 Å². The first-order valence-electron chi connectivity index (χ1n) is 6.58. The van der Waals surface area contributed by atoms with Crippen LogP contribution in [0, 0.1) is 16.0 Å². The number of nitro benzene ring substituents is 1. The molecule has 0 saturated carbocycles. The Kier molecular flexibility index (Phi) is 4.76. The summed E-state index contributed by atoms with van der Waals surface area (Å²) in [5.74, 6) is -0.351. The lowest BCUT2D eigenvalue weighted by Crippen LogP contribution is -2.38. The maximum absolute atomic E-state index is 12.1. The monoisotopic (exact) mass is 315 g/mol. The third-order valence-corrected chi connectivity index (χ3v) is 4.84. The Morgan fingerprint density at radius 1 is 1.48 bits per heavy atom. The van der Waals surface area contributed by atoms with Crippen molar-refractivity contribution in [3.05, 3.63) is 28.3 Å². The second-order valence-electron chi connectivity index (χ2n) is 4.97.